The van der Waals surface area contributed by atoms with Gasteiger partial charge in [-0.15, -0.1) is 0 Å². The second-order valence-corrected chi connectivity index (χ2v) is 7.85. The Labute approximate surface area is 159 Å². The van der Waals surface area contributed by atoms with Crippen molar-refractivity contribution in [3.05, 3.63) is 29.3 Å². The van der Waals surface area contributed by atoms with Crippen LogP contribution in [0.15, 0.2) is 18.2 Å². The van der Waals surface area contributed by atoms with E-state index in [4.69, 9.17) is 4.74 Å². The normalized spacial score (nSPS) is 20.0. The van der Waals surface area contributed by atoms with Gasteiger partial charge in [-0.1, -0.05) is 6.07 Å². The van der Waals surface area contributed by atoms with E-state index in [0.717, 1.165) is 18.6 Å². The number of carbonyl (C=O) groups excluding carboxylic acids is 3. The minimum Gasteiger partial charge on any atom is -0.490 e. The lowest BCUT2D eigenvalue weighted by Gasteiger charge is -2.34. The largest absolute Gasteiger partial charge is 0.490 e. The van der Waals surface area contributed by atoms with Crippen LogP contribution in [0.2, 0.25) is 0 Å². The third-order valence-corrected chi connectivity index (χ3v) is 5.57. The van der Waals surface area contributed by atoms with Crippen molar-refractivity contribution in [2.75, 3.05) is 19.6 Å². The van der Waals surface area contributed by atoms with Gasteiger partial charge in [0.15, 0.2) is 0 Å². The standard InChI is InChI=1S/C20H27N3O4/c1-13-5-6-16(11-14(13)2)27-15-7-9-22(10-8-15)17(24)12-23-19(26)21-18(25)20(23,3)4/h5-6,11,15H,7-10,12H2,1-4H3,(H,21,25,26). The quantitative estimate of drug-likeness (QED) is 0.819. The van der Waals surface area contributed by atoms with Gasteiger partial charge >= 0.3 is 6.03 Å². The van der Waals surface area contributed by atoms with Gasteiger partial charge in [-0.2, -0.15) is 0 Å². The van der Waals surface area contributed by atoms with Gasteiger partial charge in [-0.25, -0.2) is 4.79 Å². The molecule has 0 aliphatic carbocycles. The Hall–Kier alpha value is -2.57. The van der Waals surface area contributed by atoms with E-state index in [9.17, 15) is 14.4 Å². The Morgan fingerprint density at radius 3 is 2.41 bits per heavy atom. The number of imide groups is 1. The van der Waals surface area contributed by atoms with Crippen molar-refractivity contribution in [3.63, 3.8) is 0 Å². The van der Waals surface area contributed by atoms with E-state index in [1.807, 2.05) is 18.2 Å². The summed E-state index contributed by atoms with van der Waals surface area (Å²) >= 11 is 0. The third kappa shape index (κ3) is 3.91. The van der Waals surface area contributed by atoms with Crippen molar-refractivity contribution in [2.24, 2.45) is 0 Å². The number of hydrogen-bond donors (Lipinski definition) is 1. The molecule has 0 spiro atoms. The Bertz CT molecular complexity index is 766. The first kappa shape index (κ1) is 19.2. The number of benzene rings is 1. The van der Waals surface area contributed by atoms with E-state index in [0.29, 0.717) is 13.1 Å². The van der Waals surface area contributed by atoms with Crippen LogP contribution in [0, 0.1) is 13.8 Å². The molecule has 1 N–H and O–H groups in total. The molecule has 7 heteroatoms. The van der Waals surface area contributed by atoms with Gasteiger partial charge in [0.2, 0.25) is 5.91 Å². The fraction of sp³-hybridized carbons (Fsp3) is 0.550. The smallest absolute Gasteiger partial charge is 0.325 e. The summed E-state index contributed by atoms with van der Waals surface area (Å²) in [6.07, 6.45) is 1.56. The molecule has 0 unspecified atom stereocenters. The Kier molecular flexibility index (Phi) is 5.13. The SMILES string of the molecule is Cc1ccc(OC2CCN(C(=O)CN3C(=O)NC(=O)C3(C)C)CC2)cc1C. The maximum atomic E-state index is 12.6. The van der Waals surface area contributed by atoms with Crippen molar-refractivity contribution < 1.29 is 19.1 Å². The zero-order valence-electron chi connectivity index (χ0n) is 16.4. The molecule has 27 heavy (non-hydrogen) atoms. The van der Waals surface area contributed by atoms with Gasteiger partial charge < -0.3 is 14.5 Å². The van der Waals surface area contributed by atoms with Crippen molar-refractivity contribution in [2.45, 2.75) is 52.2 Å². The predicted octanol–water partition coefficient (Wildman–Crippen LogP) is 2.00. The van der Waals surface area contributed by atoms with Gasteiger partial charge in [0, 0.05) is 25.9 Å². The predicted molar refractivity (Wildman–Crippen MR) is 100 cm³/mol. The van der Waals surface area contributed by atoms with Crippen LogP contribution < -0.4 is 10.1 Å². The summed E-state index contributed by atoms with van der Waals surface area (Å²) in [7, 11) is 0. The van der Waals surface area contributed by atoms with Crippen molar-refractivity contribution in [1.82, 2.24) is 15.1 Å². The lowest BCUT2D eigenvalue weighted by Crippen LogP contribution is -2.51. The first-order valence-corrected chi connectivity index (χ1v) is 9.33. The molecule has 0 atom stereocenters. The molecule has 2 heterocycles. The number of likely N-dealkylation sites (tertiary alicyclic amines) is 1. The number of piperidine rings is 1. The summed E-state index contributed by atoms with van der Waals surface area (Å²) in [4.78, 5) is 39.4. The molecule has 1 aromatic carbocycles. The van der Waals surface area contributed by atoms with Crippen molar-refractivity contribution in [1.29, 1.82) is 0 Å². The lowest BCUT2D eigenvalue weighted by molar-refractivity contribution is -0.135. The van der Waals surface area contributed by atoms with E-state index in [-0.39, 0.29) is 24.5 Å². The number of nitrogens with zero attached hydrogens (tertiary/aromatic N) is 2. The average Bonchev–Trinajstić information content (AvgIpc) is 2.81. The van der Waals surface area contributed by atoms with Crippen LogP contribution in [0.25, 0.3) is 0 Å². The summed E-state index contributed by atoms with van der Waals surface area (Å²) in [6, 6.07) is 5.56. The maximum Gasteiger partial charge on any atom is 0.325 e. The first-order valence-electron chi connectivity index (χ1n) is 9.33. The number of hydrogen-bond acceptors (Lipinski definition) is 4. The van der Waals surface area contributed by atoms with Crippen LogP contribution in [0.4, 0.5) is 4.79 Å². The van der Waals surface area contributed by atoms with Crippen LogP contribution in [0.3, 0.4) is 0 Å². The van der Waals surface area contributed by atoms with Crippen molar-refractivity contribution in [3.8, 4) is 5.75 Å². The van der Waals surface area contributed by atoms with E-state index in [1.54, 1.807) is 18.7 Å². The summed E-state index contributed by atoms with van der Waals surface area (Å²) in [5, 5.41) is 2.27. The number of aryl methyl sites for hydroxylation is 2. The Morgan fingerprint density at radius 2 is 1.85 bits per heavy atom. The van der Waals surface area contributed by atoms with Gasteiger partial charge in [-0.05, 0) is 51.0 Å². The van der Waals surface area contributed by atoms with Gasteiger partial charge in [0.25, 0.3) is 5.91 Å². The minimum atomic E-state index is -1.00. The molecule has 0 aromatic heterocycles. The molecular formula is C20H27N3O4. The van der Waals surface area contributed by atoms with Crippen LogP contribution in [-0.2, 0) is 9.59 Å². The van der Waals surface area contributed by atoms with Gasteiger partial charge in [0.05, 0.1) is 0 Å². The summed E-state index contributed by atoms with van der Waals surface area (Å²) in [6.45, 7) is 8.49. The Morgan fingerprint density at radius 1 is 1.19 bits per heavy atom. The van der Waals surface area contributed by atoms with Crippen LogP contribution in [0.5, 0.6) is 5.75 Å². The topological polar surface area (TPSA) is 79.0 Å². The lowest BCUT2D eigenvalue weighted by atomic mass is 10.0. The summed E-state index contributed by atoms with van der Waals surface area (Å²) < 4.78 is 6.06. The molecule has 146 valence electrons. The number of ether oxygens (including phenoxy) is 1. The molecular weight excluding hydrogens is 346 g/mol. The van der Waals surface area contributed by atoms with Crippen molar-refractivity contribution >= 4 is 17.8 Å². The molecule has 3 rings (SSSR count). The average molecular weight is 373 g/mol. The molecule has 0 bridgehead atoms. The molecule has 0 saturated carbocycles. The number of urea groups is 1. The second kappa shape index (κ2) is 7.21. The highest BCUT2D eigenvalue weighted by atomic mass is 16.5. The monoisotopic (exact) mass is 373 g/mol. The zero-order chi connectivity index (χ0) is 19.8. The molecule has 2 fully saturated rings. The molecule has 7 nitrogen and oxygen atoms in total. The zero-order valence-corrected chi connectivity index (χ0v) is 16.4. The van der Waals surface area contributed by atoms with Crippen LogP contribution in [0.1, 0.15) is 37.8 Å². The van der Waals surface area contributed by atoms with Crippen LogP contribution in [-0.4, -0.2) is 58.9 Å². The highest BCUT2D eigenvalue weighted by Gasteiger charge is 2.46. The maximum absolute atomic E-state index is 12.6. The number of carbonyl (C=O) groups is 3. The van der Waals surface area contributed by atoms with Gasteiger partial charge in [0.1, 0.15) is 23.9 Å². The van der Waals surface area contributed by atoms with E-state index in [2.05, 4.69) is 19.2 Å². The number of rotatable bonds is 4. The molecule has 2 aliphatic heterocycles. The molecule has 1 aromatic rings. The molecule has 2 saturated heterocycles. The molecule has 2 aliphatic rings. The summed E-state index contributed by atoms with van der Waals surface area (Å²) in [5.41, 5.74) is 1.42. The highest BCUT2D eigenvalue weighted by Crippen LogP contribution is 2.23. The first-order chi connectivity index (χ1) is 12.7. The molecule has 4 amide bonds. The Balaban J connectivity index is 1.53. The number of nitrogens with one attached hydrogen (secondary N) is 1. The fourth-order valence-corrected chi connectivity index (χ4v) is 3.40. The van der Waals surface area contributed by atoms with Gasteiger partial charge in [-0.3, -0.25) is 14.9 Å². The van der Waals surface area contributed by atoms with E-state index >= 15 is 0 Å². The minimum absolute atomic E-state index is 0.0734. The second-order valence-electron chi connectivity index (χ2n) is 7.85. The number of amides is 4. The highest BCUT2D eigenvalue weighted by molar-refractivity contribution is 6.07. The fourth-order valence-electron chi connectivity index (χ4n) is 3.40. The van der Waals surface area contributed by atoms with Crippen LogP contribution >= 0.6 is 0 Å². The third-order valence-electron chi connectivity index (χ3n) is 5.57. The summed E-state index contributed by atoms with van der Waals surface area (Å²) in [5.74, 6) is 0.343. The van der Waals surface area contributed by atoms with E-state index < -0.39 is 11.6 Å². The van der Waals surface area contributed by atoms with E-state index in [1.165, 1.54) is 16.0 Å². The molecule has 0 radical (unpaired) electrons.